The smallest absolute Gasteiger partial charge is 0.266 e. The average Bonchev–Trinajstić information content (AvgIpc) is 3.13. The van der Waals surface area contributed by atoms with Crippen LogP contribution in [0.2, 0.25) is 0 Å². The molecule has 0 radical (unpaired) electrons. The third-order valence-electron chi connectivity index (χ3n) is 4.39. The quantitative estimate of drug-likeness (QED) is 0.898. The van der Waals surface area contributed by atoms with Crippen molar-refractivity contribution in [3.63, 3.8) is 0 Å². The van der Waals surface area contributed by atoms with Gasteiger partial charge < -0.3 is 16.0 Å². The lowest BCUT2D eigenvalue weighted by molar-refractivity contribution is -0.119. The number of nitrogens with one attached hydrogen (secondary N) is 1. The van der Waals surface area contributed by atoms with Crippen LogP contribution >= 0.6 is 11.3 Å². The Labute approximate surface area is 145 Å². The standard InChI is InChI=1S/C18H21N3O2S/c1-11-3-5-13(6-4-11)14-9-21(10-16(14)20-12(2)22)18(23)17-15(19)7-8-24-17/h3-8,14,16H,9-10,19H2,1-2H3,(H,20,22)/t14-,16+/m0/s1. The lowest BCUT2D eigenvalue weighted by atomic mass is 9.93. The number of nitrogens with zero attached hydrogens (tertiary/aromatic N) is 1. The molecule has 0 saturated carbocycles. The predicted molar refractivity (Wildman–Crippen MR) is 96.2 cm³/mol. The van der Waals surface area contributed by atoms with E-state index >= 15 is 0 Å². The number of hydrogen-bond acceptors (Lipinski definition) is 4. The van der Waals surface area contributed by atoms with E-state index in [1.165, 1.54) is 23.8 Å². The van der Waals surface area contributed by atoms with E-state index in [0.717, 1.165) is 5.56 Å². The van der Waals surface area contributed by atoms with Crippen molar-refractivity contribution in [2.45, 2.75) is 25.8 Å². The first-order chi connectivity index (χ1) is 11.5. The number of nitrogen functional groups attached to an aromatic ring is 1. The Morgan fingerprint density at radius 2 is 1.92 bits per heavy atom. The second-order valence-electron chi connectivity index (χ2n) is 6.24. The molecule has 1 fully saturated rings. The second-order valence-corrected chi connectivity index (χ2v) is 7.16. The van der Waals surface area contributed by atoms with E-state index in [-0.39, 0.29) is 23.8 Å². The van der Waals surface area contributed by atoms with Crippen LogP contribution in [0.5, 0.6) is 0 Å². The number of carbonyl (C=O) groups excluding carboxylic acids is 2. The molecule has 126 valence electrons. The van der Waals surface area contributed by atoms with Gasteiger partial charge in [0, 0.05) is 25.9 Å². The minimum atomic E-state index is -0.0876. The molecule has 6 heteroatoms. The average molecular weight is 343 g/mol. The molecule has 1 aliphatic heterocycles. The van der Waals surface area contributed by atoms with Crippen LogP contribution in [0.4, 0.5) is 5.69 Å². The molecule has 0 aliphatic carbocycles. The van der Waals surface area contributed by atoms with Gasteiger partial charge in [-0.3, -0.25) is 9.59 Å². The Hall–Kier alpha value is -2.34. The molecule has 0 bridgehead atoms. The predicted octanol–water partition coefficient (Wildman–Crippen LogP) is 2.38. The van der Waals surface area contributed by atoms with Gasteiger partial charge in [-0.1, -0.05) is 29.8 Å². The number of rotatable bonds is 3. The fourth-order valence-electron chi connectivity index (χ4n) is 3.16. The minimum absolute atomic E-state index is 0.0625. The minimum Gasteiger partial charge on any atom is -0.397 e. The number of anilines is 1. The molecule has 1 saturated heterocycles. The fourth-order valence-corrected chi connectivity index (χ4v) is 3.95. The van der Waals surface area contributed by atoms with Crippen molar-refractivity contribution in [3.05, 3.63) is 51.7 Å². The van der Waals surface area contributed by atoms with Crippen LogP contribution in [0.1, 0.15) is 33.6 Å². The van der Waals surface area contributed by atoms with E-state index in [1.807, 2.05) is 12.3 Å². The number of benzene rings is 1. The highest BCUT2D eigenvalue weighted by Crippen LogP contribution is 2.31. The molecule has 1 aliphatic rings. The first-order valence-electron chi connectivity index (χ1n) is 7.91. The third-order valence-corrected chi connectivity index (χ3v) is 5.31. The lowest BCUT2D eigenvalue weighted by Gasteiger charge is -2.19. The third kappa shape index (κ3) is 3.28. The summed E-state index contributed by atoms with van der Waals surface area (Å²) >= 11 is 1.36. The topological polar surface area (TPSA) is 75.4 Å². The van der Waals surface area contributed by atoms with Crippen LogP contribution in [-0.4, -0.2) is 35.8 Å². The summed E-state index contributed by atoms with van der Waals surface area (Å²) in [7, 11) is 0. The van der Waals surface area contributed by atoms with Gasteiger partial charge in [0.15, 0.2) is 0 Å². The molecule has 2 amide bonds. The Balaban J connectivity index is 1.85. The molecule has 5 nitrogen and oxygen atoms in total. The van der Waals surface area contributed by atoms with Gasteiger partial charge in [-0.25, -0.2) is 0 Å². The maximum atomic E-state index is 12.7. The van der Waals surface area contributed by atoms with Crippen molar-refractivity contribution in [2.75, 3.05) is 18.8 Å². The van der Waals surface area contributed by atoms with Gasteiger partial charge in [0.1, 0.15) is 4.88 Å². The monoisotopic (exact) mass is 343 g/mol. The summed E-state index contributed by atoms with van der Waals surface area (Å²) in [5, 5.41) is 4.81. The summed E-state index contributed by atoms with van der Waals surface area (Å²) in [4.78, 5) is 26.6. The summed E-state index contributed by atoms with van der Waals surface area (Å²) in [6.07, 6.45) is 0. The van der Waals surface area contributed by atoms with Crippen molar-refractivity contribution < 1.29 is 9.59 Å². The van der Waals surface area contributed by atoms with E-state index in [4.69, 9.17) is 5.73 Å². The van der Waals surface area contributed by atoms with Crippen molar-refractivity contribution >= 4 is 28.8 Å². The van der Waals surface area contributed by atoms with Gasteiger partial charge in [0.2, 0.25) is 5.91 Å². The number of likely N-dealkylation sites (tertiary alicyclic amines) is 1. The van der Waals surface area contributed by atoms with Crippen LogP contribution in [0, 0.1) is 6.92 Å². The van der Waals surface area contributed by atoms with Crippen molar-refractivity contribution in [1.82, 2.24) is 10.2 Å². The van der Waals surface area contributed by atoms with Gasteiger partial charge in [0.25, 0.3) is 5.91 Å². The zero-order valence-electron chi connectivity index (χ0n) is 13.8. The second kappa shape index (κ2) is 6.65. The summed E-state index contributed by atoms with van der Waals surface area (Å²) in [5.41, 5.74) is 8.71. The maximum absolute atomic E-state index is 12.7. The molecule has 3 N–H and O–H groups in total. The Bertz CT molecular complexity index is 754. The Morgan fingerprint density at radius 1 is 1.21 bits per heavy atom. The molecule has 2 heterocycles. The zero-order chi connectivity index (χ0) is 17.3. The van der Waals surface area contributed by atoms with Gasteiger partial charge in [-0.2, -0.15) is 0 Å². The number of hydrogen-bond donors (Lipinski definition) is 2. The molecular weight excluding hydrogens is 322 g/mol. The van der Waals surface area contributed by atoms with Gasteiger partial charge in [-0.05, 0) is 23.9 Å². The van der Waals surface area contributed by atoms with Crippen LogP contribution in [-0.2, 0) is 4.79 Å². The SMILES string of the molecule is CC(=O)N[C@@H]1CN(C(=O)c2sccc2N)C[C@H]1c1ccc(C)cc1. The van der Waals surface area contributed by atoms with Crippen LogP contribution in [0.15, 0.2) is 35.7 Å². The summed E-state index contributed by atoms with van der Waals surface area (Å²) in [6, 6.07) is 9.92. The molecule has 2 aromatic rings. The number of aryl methyl sites for hydroxylation is 1. The van der Waals surface area contributed by atoms with Crippen molar-refractivity contribution in [3.8, 4) is 0 Å². The van der Waals surface area contributed by atoms with Crippen LogP contribution in [0.3, 0.4) is 0 Å². The number of amides is 2. The highest BCUT2D eigenvalue weighted by molar-refractivity contribution is 7.12. The Morgan fingerprint density at radius 3 is 2.50 bits per heavy atom. The molecule has 2 atom stereocenters. The molecule has 0 unspecified atom stereocenters. The Kier molecular flexibility index (Phi) is 4.57. The number of thiophene rings is 1. The van der Waals surface area contributed by atoms with E-state index in [9.17, 15) is 9.59 Å². The summed E-state index contributed by atoms with van der Waals surface area (Å²) < 4.78 is 0. The van der Waals surface area contributed by atoms with Gasteiger partial charge >= 0.3 is 0 Å². The molecule has 1 aromatic carbocycles. The van der Waals surface area contributed by atoms with Crippen LogP contribution in [0.25, 0.3) is 0 Å². The molecule has 1 aromatic heterocycles. The first kappa shape index (κ1) is 16.5. The van der Waals surface area contributed by atoms with Crippen molar-refractivity contribution in [1.29, 1.82) is 0 Å². The number of carbonyl (C=O) groups is 2. The molecule has 3 rings (SSSR count). The fraction of sp³-hybridized carbons (Fsp3) is 0.333. The molecular formula is C18H21N3O2S. The van der Waals surface area contributed by atoms with Gasteiger partial charge in [-0.15, -0.1) is 11.3 Å². The highest BCUT2D eigenvalue weighted by atomic mass is 32.1. The van der Waals surface area contributed by atoms with Crippen LogP contribution < -0.4 is 11.1 Å². The number of nitrogens with two attached hydrogens (primary N) is 1. The van der Waals surface area contributed by atoms with Crippen molar-refractivity contribution in [2.24, 2.45) is 0 Å². The largest absolute Gasteiger partial charge is 0.397 e. The van der Waals surface area contributed by atoms with Gasteiger partial charge in [0.05, 0.1) is 11.7 Å². The van der Waals surface area contributed by atoms with E-state index in [2.05, 4.69) is 29.6 Å². The maximum Gasteiger partial charge on any atom is 0.266 e. The normalized spacial score (nSPS) is 20.2. The molecule has 24 heavy (non-hydrogen) atoms. The highest BCUT2D eigenvalue weighted by Gasteiger charge is 2.37. The van der Waals surface area contributed by atoms with E-state index in [0.29, 0.717) is 23.7 Å². The zero-order valence-corrected chi connectivity index (χ0v) is 14.6. The van der Waals surface area contributed by atoms with E-state index in [1.54, 1.807) is 11.0 Å². The summed E-state index contributed by atoms with van der Waals surface area (Å²) in [6.45, 7) is 4.62. The summed E-state index contributed by atoms with van der Waals surface area (Å²) in [5.74, 6) is -0.0610. The van der Waals surface area contributed by atoms with E-state index < -0.39 is 0 Å². The first-order valence-corrected chi connectivity index (χ1v) is 8.79. The molecule has 0 spiro atoms. The lowest BCUT2D eigenvalue weighted by Crippen LogP contribution is -2.39.